The molecule has 2 aromatic rings. The van der Waals surface area contributed by atoms with Crippen LogP contribution in [0.15, 0.2) is 30.6 Å². The molecule has 2 rings (SSSR count). The van der Waals surface area contributed by atoms with Crippen molar-refractivity contribution in [3.63, 3.8) is 0 Å². The van der Waals surface area contributed by atoms with Crippen LogP contribution < -0.4 is 5.32 Å². The van der Waals surface area contributed by atoms with E-state index in [9.17, 15) is 0 Å². The molecule has 0 aliphatic carbocycles. The smallest absolute Gasteiger partial charge is 0.144 e. The summed E-state index contributed by atoms with van der Waals surface area (Å²) in [4.78, 5) is 8.36. The van der Waals surface area contributed by atoms with E-state index in [4.69, 9.17) is 23.2 Å². The van der Waals surface area contributed by atoms with E-state index < -0.39 is 0 Å². The molecular weight excluding hydrogens is 257 g/mol. The Bertz CT molecular complexity index is 515. The van der Waals surface area contributed by atoms with Crippen molar-refractivity contribution in [2.45, 2.75) is 6.42 Å². The summed E-state index contributed by atoms with van der Waals surface area (Å²) in [7, 11) is 1.78. The van der Waals surface area contributed by atoms with Crippen LogP contribution in [-0.2, 0) is 6.42 Å². The Morgan fingerprint density at radius 3 is 2.53 bits per heavy atom. The lowest BCUT2D eigenvalue weighted by molar-refractivity contribution is 1.06. The first-order chi connectivity index (χ1) is 8.20. The van der Waals surface area contributed by atoms with E-state index in [1.807, 2.05) is 12.1 Å². The van der Waals surface area contributed by atoms with E-state index in [1.54, 1.807) is 25.5 Å². The third-order valence-electron chi connectivity index (χ3n) is 2.36. The number of hydrogen-bond donors (Lipinski definition) is 1. The molecule has 88 valence electrons. The lowest BCUT2D eigenvalue weighted by Crippen LogP contribution is -1.99. The van der Waals surface area contributed by atoms with E-state index >= 15 is 0 Å². The number of pyridine rings is 2. The Morgan fingerprint density at radius 1 is 1.18 bits per heavy atom. The molecule has 0 aliphatic heterocycles. The van der Waals surface area contributed by atoms with Gasteiger partial charge in [-0.3, -0.25) is 4.98 Å². The van der Waals surface area contributed by atoms with Crippen LogP contribution in [0.1, 0.15) is 11.3 Å². The molecule has 0 unspecified atom stereocenters. The van der Waals surface area contributed by atoms with Gasteiger partial charge in [0.1, 0.15) is 5.82 Å². The monoisotopic (exact) mass is 267 g/mol. The zero-order valence-electron chi connectivity index (χ0n) is 9.24. The number of nitrogens with one attached hydrogen (secondary N) is 1. The molecule has 0 bridgehead atoms. The van der Waals surface area contributed by atoms with Gasteiger partial charge in [0.2, 0.25) is 0 Å². The summed E-state index contributed by atoms with van der Waals surface area (Å²) in [6.07, 6.45) is 4.16. The van der Waals surface area contributed by atoms with Gasteiger partial charge in [-0.25, -0.2) is 4.98 Å². The van der Waals surface area contributed by atoms with Crippen molar-refractivity contribution in [1.29, 1.82) is 0 Å². The average molecular weight is 268 g/mol. The van der Waals surface area contributed by atoms with Gasteiger partial charge in [0.15, 0.2) is 0 Å². The van der Waals surface area contributed by atoms with Crippen LogP contribution in [0.4, 0.5) is 5.82 Å². The Labute approximate surface area is 110 Å². The van der Waals surface area contributed by atoms with Gasteiger partial charge in [0, 0.05) is 25.9 Å². The molecule has 2 aromatic heterocycles. The highest BCUT2D eigenvalue weighted by molar-refractivity contribution is 6.36. The van der Waals surface area contributed by atoms with Gasteiger partial charge < -0.3 is 5.32 Å². The van der Waals surface area contributed by atoms with Crippen molar-refractivity contribution < 1.29 is 0 Å². The zero-order valence-corrected chi connectivity index (χ0v) is 10.8. The highest BCUT2D eigenvalue weighted by Crippen LogP contribution is 2.27. The van der Waals surface area contributed by atoms with Crippen molar-refractivity contribution in [1.82, 2.24) is 9.97 Å². The van der Waals surface area contributed by atoms with Crippen LogP contribution >= 0.6 is 23.2 Å². The maximum Gasteiger partial charge on any atom is 0.144 e. The van der Waals surface area contributed by atoms with Gasteiger partial charge in [-0.15, -0.1) is 0 Å². The number of hydrogen-bond acceptors (Lipinski definition) is 3. The zero-order chi connectivity index (χ0) is 12.3. The first kappa shape index (κ1) is 12.1. The SMILES string of the molecule is CNc1nc(Cc2ccncc2)c(Cl)cc1Cl. The molecule has 0 saturated carbocycles. The predicted octanol–water partition coefficient (Wildman–Crippen LogP) is 3.42. The van der Waals surface area contributed by atoms with E-state index in [0.717, 1.165) is 11.3 Å². The van der Waals surface area contributed by atoms with Gasteiger partial charge >= 0.3 is 0 Å². The second kappa shape index (κ2) is 5.34. The molecule has 2 heterocycles. The maximum absolute atomic E-state index is 6.12. The minimum absolute atomic E-state index is 0.524. The van der Waals surface area contributed by atoms with E-state index in [2.05, 4.69) is 15.3 Å². The molecule has 0 aromatic carbocycles. The summed E-state index contributed by atoms with van der Waals surface area (Å²) in [6.45, 7) is 0. The molecule has 0 radical (unpaired) electrons. The maximum atomic E-state index is 6.12. The highest BCUT2D eigenvalue weighted by Gasteiger charge is 2.08. The van der Waals surface area contributed by atoms with Gasteiger partial charge in [0.25, 0.3) is 0 Å². The Morgan fingerprint density at radius 2 is 1.88 bits per heavy atom. The Balaban J connectivity index is 2.33. The van der Waals surface area contributed by atoms with Gasteiger partial charge in [-0.1, -0.05) is 23.2 Å². The summed E-state index contributed by atoms with van der Waals surface area (Å²) in [5, 5.41) is 4.03. The average Bonchev–Trinajstić information content (AvgIpc) is 2.34. The van der Waals surface area contributed by atoms with Crippen LogP contribution in [0.3, 0.4) is 0 Å². The third-order valence-corrected chi connectivity index (χ3v) is 2.98. The first-order valence-electron chi connectivity index (χ1n) is 5.12. The summed E-state index contributed by atoms with van der Waals surface area (Å²) >= 11 is 12.1. The van der Waals surface area contributed by atoms with Crippen LogP contribution in [0, 0.1) is 0 Å². The summed E-state index contributed by atoms with van der Waals surface area (Å²) in [5.41, 5.74) is 1.91. The largest absolute Gasteiger partial charge is 0.372 e. The van der Waals surface area contributed by atoms with E-state index in [1.165, 1.54) is 0 Å². The molecular formula is C12H11Cl2N3. The van der Waals surface area contributed by atoms with Crippen molar-refractivity contribution in [3.05, 3.63) is 51.9 Å². The molecule has 0 aliphatic rings. The van der Waals surface area contributed by atoms with Crippen molar-refractivity contribution in [2.24, 2.45) is 0 Å². The quantitative estimate of drug-likeness (QED) is 0.926. The van der Waals surface area contributed by atoms with Gasteiger partial charge in [0.05, 0.1) is 15.7 Å². The number of nitrogens with zero attached hydrogens (tertiary/aromatic N) is 2. The van der Waals surface area contributed by atoms with Crippen LogP contribution in [-0.4, -0.2) is 17.0 Å². The van der Waals surface area contributed by atoms with Crippen LogP contribution in [0.5, 0.6) is 0 Å². The lowest BCUT2D eigenvalue weighted by atomic mass is 10.1. The molecule has 0 spiro atoms. The molecule has 0 atom stereocenters. The number of rotatable bonds is 3. The van der Waals surface area contributed by atoms with E-state index in [0.29, 0.717) is 22.3 Å². The second-order valence-corrected chi connectivity index (χ2v) is 4.34. The fourth-order valence-corrected chi connectivity index (χ4v) is 2.02. The van der Waals surface area contributed by atoms with Crippen molar-refractivity contribution in [3.8, 4) is 0 Å². The number of aromatic nitrogens is 2. The van der Waals surface area contributed by atoms with Crippen molar-refractivity contribution >= 4 is 29.0 Å². The van der Waals surface area contributed by atoms with Gasteiger partial charge in [-0.2, -0.15) is 0 Å². The topological polar surface area (TPSA) is 37.8 Å². The normalized spacial score (nSPS) is 10.3. The molecule has 3 nitrogen and oxygen atoms in total. The third kappa shape index (κ3) is 2.87. The molecule has 0 amide bonds. The second-order valence-electron chi connectivity index (χ2n) is 3.53. The predicted molar refractivity (Wildman–Crippen MR) is 70.8 cm³/mol. The molecule has 1 N–H and O–H groups in total. The lowest BCUT2D eigenvalue weighted by Gasteiger charge is -2.08. The minimum Gasteiger partial charge on any atom is -0.372 e. The van der Waals surface area contributed by atoms with E-state index in [-0.39, 0.29) is 0 Å². The molecule has 5 heteroatoms. The Kier molecular flexibility index (Phi) is 3.82. The fourth-order valence-electron chi connectivity index (χ4n) is 1.50. The number of anilines is 1. The molecule has 17 heavy (non-hydrogen) atoms. The number of halogens is 2. The standard InChI is InChI=1S/C12H11Cl2N3/c1-15-12-10(14)7-9(13)11(17-12)6-8-2-4-16-5-3-8/h2-5,7H,6H2,1H3,(H,15,17). The van der Waals surface area contributed by atoms with Crippen molar-refractivity contribution in [2.75, 3.05) is 12.4 Å². The Hall–Kier alpha value is -1.32. The van der Waals surface area contributed by atoms with Crippen LogP contribution in [0.2, 0.25) is 10.0 Å². The van der Waals surface area contributed by atoms with Gasteiger partial charge in [-0.05, 0) is 23.8 Å². The molecule has 0 fully saturated rings. The highest BCUT2D eigenvalue weighted by atomic mass is 35.5. The van der Waals surface area contributed by atoms with Crippen LogP contribution in [0.25, 0.3) is 0 Å². The summed E-state index contributed by atoms with van der Waals surface area (Å²) in [6, 6.07) is 5.58. The summed E-state index contributed by atoms with van der Waals surface area (Å²) in [5.74, 6) is 0.639. The molecule has 0 saturated heterocycles. The summed E-state index contributed by atoms with van der Waals surface area (Å²) < 4.78 is 0. The first-order valence-corrected chi connectivity index (χ1v) is 5.88. The minimum atomic E-state index is 0.524. The fraction of sp³-hybridized carbons (Fsp3) is 0.167.